The third-order valence-electron chi connectivity index (χ3n) is 4.16. The van der Waals surface area contributed by atoms with Gasteiger partial charge in [-0.3, -0.25) is 9.69 Å². The van der Waals surface area contributed by atoms with E-state index in [2.05, 4.69) is 33.1 Å². The predicted molar refractivity (Wildman–Crippen MR) is 91.7 cm³/mol. The van der Waals surface area contributed by atoms with Crippen LogP contribution in [0, 0.1) is 6.92 Å². The first-order chi connectivity index (χ1) is 11.1. The number of carbonyl (C=O) groups excluding carboxylic acids is 1. The summed E-state index contributed by atoms with van der Waals surface area (Å²) >= 11 is 0. The van der Waals surface area contributed by atoms with Crippen LogP contribution >= 0.6 is 0 Å². The van der Waals surface area contributed by atoms with Crippen molar-refractivity contribution in [1.82, 2.24) is 15.2 Å². The van der Waals surface area contributed by atoms with Crippen LogP contribution in [0.25, 0.3) is 0 Å². The van der Waals surface area contributed by atoms with Crippen molar-refractivity contribution in [2.24, 2.45) is 0 Å². The summed E-state index contributed by atoms with van der Waals surface area (Å²) in [5.74, 6) is 1.12. The Morgan fingerprint density at radius 2 is 2.26 bits per heavy atom. The van der Waals surface area contributed by atoms with E-state index in [0.717, 1.165) is 37.6 Å². The quantitative estimate of drug-likeness (QED) is 0.761. The first kappa shape index (κ1) is 17.7. The van der Waals surface area contributed by atoms with Crippen LogP contribution in [-0.4, -0.2) is 68.3 Å². The monoisotopic (exact) mass is 320 g/mol. The minimum atomic E-state index is 0.0927. The fourth-order valence-corrected chi connectivity index (χ4v) is 2.83. The number of nitrogens with one attached hydrogen (secondary N) is 1. The summed E-state index contributed by atoms with van der Waals surface area (Å²) in [5, 5.41) is 2.95. The van der Waals surface area contributed by atoms with Crippen LogP contribution in [0.1, 0.15) is 19.0 Å². The van der Waals surface area contributed by atoms with Crippen molar-refractivity contribution in [2.45, 2.75) is 26.3 Å². The summed E-state index contributed by atoms with van der Waals surface area (Å²) < 4.78 is 4.98. The number of amides is 1. The van der Waals surface area contributed by atoms with Crippen molar-refractivity contribution in [3.8, 4) is 0 Å². The largest absolute Gasteiger partial charge is 0.385 e. The molecule has 1 aliphatic rings. The van der Waals surface area contributed by atoms with E-state index in [1.807, 2.05) is 19.1 Å². The second kappa shape index (κ2) is 8.84. The van der Waals surface area contributed by atoms with E-state index >= 15 is 0 Å². The molecule has 6 heteroatoms. The molecule has 1 aromatic heterocycles. The highest BCUT2D eigenvalue weighted by atomic mass is 16.5. The predicted octanol–water partition coefficient (Wildman–Crippen LogP) is 1.05. The molecule has 2 heterocycles. The van der Waals surface area contributed by atoms with E-state index in [1.54, 1.807) is 7.11 Å². The Morgan fingerprint density at radius 3 is 2.96 bits per heavy atom. The SMILES string of the molecule is COCCCNC(=O)CN1CCN(c2cccc(C)n2)C[C@@H]1C. The van der Waals surface area contributed by atoms with Gasteiger partial charge in [0.15, 0.2) is 0 Å². The minimum absolute atomic E-state index is 0.0927. The first-order valence-electron chi connectivity index (χ1n) is 8.28. The van der Waals surface area contributed by atoms with E-state index in [9.17, 15) is 4.79 Å². The van der Waals surface area contributed by atoms with E-state index in [4.69, 9.17) is 4.74 Å². The Labute approximate surface area is 138 Å². The first-order valence-corrected chi connectivity index (χ1v) is 8.28. The summed E-state index contributed by atoms with van der Waals surface area (Å²) in [6.07, 6.45) is 0.852. The number of nitrogens with zero attached hydrogens (tertiary/aromatic N) is 3. The molecule has 0 aromatic carbocycles. The van der Waals surface area contributed by atoms with Gasteiger partial charge in [-0.1, -0.05) is 6.07 Å². The number of piperazine rings is 1. The maximum atomic E-state index is 12.0. The highest BCUT2D eigenvalue weighted by molar-refractivity contribution is 5.78. The van der Waals surface area contributed by atoms with E-state index in [1.165, 1.54) is 0 Å². The molecule has 1 aliphatic heterocycles. The molecule has 1 saturated heterocycles. The average Bonchev–Trinajstić information content (AvgIpc) is 2.53. The van der Waals surface area contributed by atoms with Crippen molar-refractivity contribution in [1.29, 1.82) is 0 Å². The van der Waals surface area contributed by atoms with E-state index in [0.29, 0.717) is 25.7 Å². The number of hydrogen-bond donors (Lipinski definition) is 1. The van der Waals surface area contributed by atoms with Crippen LogP contribution in [0.3, 0.4) is 0 Å². The van der Waals surface area contributed by atoms with Gasteiger partial charge in [-0.15, -0.1) is 0 Å². The Balaban J connectivity index is 1.78. The summed E-state index contributed by atoms with van der Waals surface area (Å²) in [6, 6.07) is 6.44. The summed E-state index contributed by atoms with van der Waals surface area (Å²) in [5.41, 5.74) is 1.04. The Kier molecular flexibility index (Phi) is 6.80. The average molecular weight is 320 g/mol. The molecule has 0 aliphatic carbocycles. The molecule has 0 saturated carbocycles. The molecule has 1 N–H and O–H groups in total. The lowest BCUT2D eigenvalue weighted by molar-refractivity contribution is -0.122. The lowest BCUT2D eigenvalue weighted by Gasteiger charge is -2.40. The molecule has 0 spiro atoms. The molecule has 128 valence electrons. The summed E-state index contributed by atoms with van der Waals surface area (Å²) in [6.45, 7) is 8.67. The van der Waals surface area contributed by atoms with Crippen molar-refractivity contribution < 1.29 is 9.53 Å². The third-order valence-corrected chi connectivity index (χ3v) is 4.16. The van der Waals surface area contributed by atoms with E-state index in [-0.39, 0.29) is 5.91 Å². The number of rotatable bonds is 7. The van der Waals surface area contributed by atoms with Crippen LogP contribution in [0.5, 0.6) is 0 Å². The minimum Gasteiger partial charge on any atom is -0.385 e. The molecule has 1 atom stereocenters. The smallest absolute Gasteiger partial charge is 0.234 e. The molecule has 1 fully saturated rings. The molecule has 1 aromatic rings. The fraction of sp³-hybridized carbons (Fsp3) is 0.647. The highest BCUT2D eigenvalue weighted by Crippen LogP contribution is 2.17. The summed E-state index contributed by atoms with van der Waals surface area (Å²) in [4.78, 5) is 21.1. The van der Waals surface area contributed by atoms with Gasteiger partial charge >= 0.3 is 0 Å². The second-order valence-electron chi connectivity index (χ2n) is 6.10. The Hall–Kier alpha value is -1.66. The molecular weight excluding hydrogens is 292 g/mol. The van der Waals surface area contributed by atoms with Gasteiger partial charge in [0.05, 0.1) is 6.54 Å². The van der Waals surface area contributed by atoms with Gasteiger partial charge in [0.25, 0.3) is 0 Å². The maximum Gasteiger partial charge on any atom is 0.234 e. The molecule has 2 rings (SSSR count). The van der Waals surface area contributed by atoms with Gasteiger partial charge in [0.1, 0.15) is 5.82 Å². The van der Waals surface area contributed by atoms with Crippen molar-refractivity contribution >= 4 is 11.7 Å². The molecule has 1 amide bonds. The van der Waals surface area contributed by atoms with Crippen molar-refractivity contribution in [3.05, 3.63) is 23.9 Å². The Bertz CT molecular complexity index is 509. The molecule has 0 bridgehead atoms. The molecule has 0 unspecified atom stereocenters. The lowest BCUT2D eigenvalue weighted by atomic mass is 10.2. The van der Waals surface area contributed by atoms with Crippen LogP contribution in [0.4, 0.5) is 5.82 Å². The topological polar surface area (TPSA) is 57.7 Å². The normalized spacial score (nSPS) is 18.9. The number of aryl methyl sites for hydroxylation is 1. The molecule has 0 radical (unpaired) electrons. The number of methoxy groups -OCH3 is 1. The number of ether oxygens (including phenoxy) is 1. The van der Waals surface area contributed by atoms with E-state index < -0.39 is 0 Å². The third kappa shape index (κ3) is 5.48. The number of carbonyl (C=O) groups is 1. The van der Waals surface area contributed by atoms with Crippen LogP contribution in [0.2, 0.25) is 0 Å². The zero-order valence-electron chi connectivity index (χ0n) is 14.4. The number of anilines is 1. The maximum absolute atomic E-state index is 12.0. The van der Waals surface area contributed by atoms with Crippen molar-refractivity contribution in [2.75, 3.05) is 51.3 Å². The van der Waals surface area contributed by atoms with Gasteiger partial charge < -0.3 is 15.0 Å². The van der Waals surface area contributed by atoms with Gasteiger partial charge in [-0.25, -0.2) is 4.98 Å². The van der Waals surface area contributed by atoms with Gasteiger partial charge in [0.2, 0.25) is 5.91 Å². The van der Waals surface area contributed by atoms with Crippen LogP contribution in [-0.2, 0) is 9.53 Å². The molecular formula is C17H28N4O2. The van der Waals surface area contributed by atoms with Gasteiger partial charge in [-0.05, 0) is 32.4 Å². The lowest BCUT2D eigenvalue weighted by Crippen LogP contribution is -2.54. The number of pyridine rings is 1. The fourth-order valence-electron chi connectivity index (χ4n) is 2.83. The summed E-state index contributed by atoms with van der Waals surface area (Å²) in [7, 11) is 1.67. The molecule has 6 nitrogen and oxygen atoms in total. The number of hydrogen-bond acceptors (Lipinski definition) is 5. The van der Waals surface area contributed by atoms with Gasteiger partial charge in [-0.2, -0.15) is 0 Å². The van der Waals surface area contributed by atoms with Crippen LogP contribution in [0.15, 0.2) is 18.2 Å². The molecule has 23 heavy (non-hydrogen) atoms. The van der Waals surface area contributed by atoms with Gasteiger partial charge in [0, 0.05) is 51.6 Å². The Morgan fingerprint density at radius 1 is 1.43 bits per heavy atom. The standard InChI is InChI=1S/C17H28N4O2/c1-14-6-4-7-16(19-14)21-10-9-20(15(2)12-21)13-17(22)18-8-5-11-23-3/h4,6-7,15H,5,8-13H2,1-3H3,(H,18,22)/t15-/m0/s1. The number of aromatic nitrogens is 1. The van der Waals surface area contributed by atoms with Crippen LogP contribution < -0.4 is 10.2 Å². The van der Waals surface area contributed by atoms with Crippen molar-refractivity contribution in [3.63, 3.8) is 0 Å². The zero-order valence-corrected chi connectivity index (χ0v) is 14.4. The second-order valence-corrected chi connectivity index (χ2v) is 6.10. The zero-order chi connectivity index (χ0) is 16.7. The highest BCUT2D eigenvalue weighted by Gasteiger charge is 2.25.